The predicted octanol–water partition coefficient (Wildman–Crippen LogP) is 4.29. The molecule has 23 heavy (non-hydrogen) atoms. The minimum atomic E-state index is -0.917. The number of benzene rings is 1. The van der Waals surface area contributed by atoms with Gasteiger partial charge < -0.3 is 9.84 Å². The Hall–Kier alpha value is -1.84. The summed E-state index contributed by atoms with van der Waals surface area (Å²) in [6.45, 7) is 4.27. The molecule has 2 rings (SSSR count). The van der Waals surface area contributed by atoms with Gasteiger partial charge in [0.25, 0.3) is 0 Å². The van der Waals surface area contributed by atoms with Crippen molar-refractivity contribution in [2.75, 3.05) is 0 Å². The van der Waals surface area contributed by atoms with Crippen LogP contribution < -0.4 is 0 Å². The van der Waals surface area contributed by atoms with Crippen LogP contribution in [0.1, 0.15) is 62.7 Å². The van der Waals surface area contributed by atoms with Crippen LogP contribution in [-0.4, -0.2) is 23.1 Å². The summed E-state index contributed by atoms with van der Waals surface area (Å²) in [6.07, 6.45) is 3.91. The second kappa shape index (κ2) is 7.62. The molecule has 0 aliphatic heterocycles. The quantitative estimate of drug-likeness (QED) is 0.762. The molecule has 0 bridgehead atoms. The Labute approximate surface area is 137 Å². The molecule has 1 aliphatic carbocycles. The van der Waals surface area contributed by atoms with Crippen molar-refractivity contribution in [2.24, 2.45) is 11.3 Å². The normalized spacial score (nSPS) is 23.9. The Morgan fingerprint density at radius 2 is 2.00 bits per heavy atom. The van der Waals surface area contributed by atoms with Crippen molar-refractivity contribution in [3.8, 4) is 0 Å². The summed E-state index contributed by atoms with van der Waals surface area (Å²) in [5.74, 6) is -0.704. The van der Waals surface area contributed by atoms with Crippen molar-refractivity contribution in [1.82, 2.24) is 0 Å². The van der Waals surface area contributed by atoms with Gasteiger partial charge in [-0.1, -0.05) is 44.9 Å². The fourth-order valence-corrected chi connectivity index (χ4v) is 3.45. The van der Waals surface area contributed by atoms with Gasteiger partial charge in [0.2, 0.25) is 0 Å². The van der Waals surface area contributed by atoms with Gasteiger partial charge in [-0.3, -0.25) is 4.79 Å². The molecule has 126 valence electrons. The van der Waals surface area contributed by atoms with Crippen LogP contribution in [-0.2, 0) is 9.53 Å². The molecule has 4 nitrogen and oxygen atoms in total. The van der Waals surface area contributed by atoms with Crippen LogP contribution in [0.2, 0.25) is 0 Å². The van der Waals surface area contributed by atoms with Crippen LogP contribution in [0, 0.1) is 11.3 Å². The third kappa shape index (κ3) is 4.12. The predicted molar refractivity (Wildman–Crippen MR) is 88.3 cm³/mol. The van der Waals surface area contributed by atoms with Crippen LogP contribution in [0.3, 0.4) is 0 Å². The van der Waals surface area contributed by atoms with E-state index in [0.717, 1.165) is 19.3 Å². The lowest BCUT2D eigenvalue weighted by molar-refractivity contribution is -0.155. The van der Waals surface area contributed by atoms with Gasteiger partial charge in [0.05, 0.1) is 5.56 Å². The molecule has 1 N–H and O–H groups in total. The molecule has 1 aliphatic rings. The molecule has 1 aromatic carbocycles. The SMILES string of the molecule is CC(C)CCCC1(C(=O)O)CCCC1OC(=O)c1ccccc1. The molecule has 4 heteroatoms. The molecule has 0 radical (unpaired) electrons. The van der Waals surface area contributed by atoms with Crippen molar-refractivity contribution in [2.45, 2.75) is 58.5 Å². The molecular weight excluding hydrogens is 292 g/mol. The van der Waals surface area contributed by atoms with Gasteiger partial charge >= 0.3 is 11.9 Å². The first-order valence-electron chi connectivity index (χ1n) is 8.45. The summed E-state index contributed by atoms with van der Waals surface area (Å²) in [5, 5.41) is 9.79. The van der Waals surface area contributed by atoms with Crippen LogP contribution in [0.5, 0.6) is 0 Å². The summed E-state index contributed by atoms with van der Waals surface area (Å²) < 4.78 is 5.61. The van der Waals surface area contributed by atoms with Gasteiger partial charge in [0.15, 0.2) is 0 Å². The number of ether oxygens (including phenoxy) is 1. The zero-order valence-electron chi connectivity index (χ0n) is 14.0. The molecule has 0 amide bonds. The fraction of sp³-hybridized carbons (Fsp3) is 0.579. The Morgan fingerprint density at radius 1 is 1.30 bits per heavy atom. The molecule has 1 fully saturated rings. The highest BCUT2D eigenvalue weighted by molar-refractivity contribution is 5.90. The molecule has 1 aromatic rings. The van der Waals surface area contributed by atoms with Crippen molar-refractivity contribution in [1.29, 1.82) is 0 Å². The molecule has 0 heterocycles. The molecule has 1 saturated carbocycles. The Bertz CT molecular complexity index is 538. The Balaban J connectivity index is 2.09. The lowest BCUT2D eigenvalue weighted by atomic mass is 9.78. The highest BCUT2D eigenvalue weighted by Gasteiger charge is 2.51. The zero-order valence-corrected chi connectivity index (χ0v) is 14.0. The van der Waals surface area contributed by atoms with Crippen molar-refractivity contribution >= 4 is 11.9 Å². The van der Waals surface area contributed by atoms with E-state index in [1.54, 1.807) is 24.3 Å². The maximum absolute atomic E-state index is 12.3. The minimum Gasteiger partial charge on any atom is -0.481 e. The summed E-state index contributed by atoms with van der Waals surface area (Å²) in [6, 6.07) is 8.77. The molecule has 2 atom stereocenters. The number of carbonyl (C=O) groups excluding carboxylic acids is 1. The van der Waals surface area contributed by atoms with Crippen LogP contribution in [0.4, 0.5) is 0 Å². The van der Waals surface area contributed by atoms with E-state index in [1.807, 2.05) is 6.07 Å². The van der Waals surface area contributed by atoms with Gasteiger partial charge in [-0.05, 0) is 43.7 Å². The van der Waals surface area contributed by atoms with Gasteiger partial charge in [0, 0.05) is 0 Å². The van der Waals surface area contributed by atoms with Crippen molar-refractivity contribution in [3.63, 3.8) is 0 Å². The maximum atomic E-state index is 12.3. The average Bonchev–Trinajstić information content (AvgIpc) is 2.92. The van der Waals surface area contributed by atoms with Crippen LogP contribution in [0.25, 0.3) is 0 Å². The number of esters is 1. The maximum Gasteiger partial charge on any atom is 0.338 e. The van der Waals surface area contributed by atoms with E-state index in [9.17, 15) is 14.7 Å². The van der Waals surface area contributed by atoms with E-state index >= 15 is 0 Å². The van der Waals surface area contributed by atoms with Crippen LogP contribution >= 0.6 is 0 Å². The van der Waals surface area contributed by atoms with Crippen molar-refractivity contribution in [3.05, 3.63) is 35.9 Å². The van der Waals surface area contributed by atoms with E-state index < -0.39 is 23.5 Å². The third-order valence-corrected chi connectivity index (χ3v) is 4.79. The summed E-state index contributed by atoms with van der Waals surface area (Å²) in [7, 11) is 0. The highest BCUT2D eigenvalue weighted by Crippen LogP contribution is 2.45. The van der Waals surface area contributed by atoms with Gasteiger partial charge in [0.1, 0.15) is 11.5 Å². The number of hydrogen-bond donors (Lipinski definition) is 1. The largest absolute Gasteiger partial charge is 0.481 e. The van der Waals surface area contributed by atoms with E-state index in [0.29, 0.717) is 30.7 Å². The Morgan fingerprint density at radius 3 is 2.61 bits per heavy atom. The van der Waals surface area contributed by atoms with Crippen molar-refractivity contribution < 1.29 is 19.4 Å². The zero-order chi connectivity index (χ0) is 16.9. The van der Waals surface area contributed by atoms with Gasteiger partial charge in [-0.15, -0.1) is 0 Å². The second-order valence-corrected chi connectivity index (χ2v) is 6.90. The summed E-state index contributed by atoms with van der Waals surface area (Å²) in [4.78, 5) is 24.2. The monoisotopic (exact) mass is 318 g/mol. The molecular formula is C19H26O4. The number of hydrogen-bond acceptors (Lipinski definition) is 3. The second-order valence-electron chi connectivity index (χ2n) is 6.90. The van der Waals surface area contributed by atoms with Gasteiger partial charge in [-0.25, -0.2) is 4.79 Å². The molecule has 0 aromatic heterocycles. The van der Waals surface area contributed by atoms with E-state index in [2.05, 4.69) is 13.8 Å². The molecule has 0 spiro atoms. The lowest BCUT2D eigenvalue weighted by Gasteiger charge is -2.31. The lowest BCUT2D eigenvalue weighted by Crippen LogP contribution is -2.41. The Kier molecular flexibility index (Phi) is 5.80. The standard InChI is InChI=1S/C19H26O4/c1-14(2)8-6-12-19(18(21)22)13-7-11-16(19)23-17(20)15-9-4-3-5-10-15/h3-5,9-10,14,16H,6-8,11-13H2,1-2H3,(H,21,22). The first-order chi connectivity index (χ1) is 11.0. The van der Waals surface area contributed by atoms with E-state index in [-0.39, 0.29) is 0 Å². The number of aliphatic carboxylic acids is 1. The summed E-state index contributed by atoms with van der Waals surface area (Å²) in [5.41, 5.74) is -0.444. The summed E-state index contributed by atoms with van der Waals surface area (Å²) >= 11 is 0. The third-order valence-electron chi connectivity index (χ3n) is 4.79. The molecule has 2 unspecified atom stereocenters. The van der Waals surface area contributed by atoms with E-state index in [1.165, 1.54) is 0 Å². The smallest absolute Gasteiger partial charge is 0.338 e. The first-order valence-corrected chi connectivity index (χ1v) is 8.45. The highest BCUT2D eigenvalue weighted by atomic mass is 16.5. The average molecular weight is 318 g/mol. The number of carbonyl (C=O) groups is 2. The topological polar surface area (TPSA) is 63.6 Å². The van der Waals surface area contributed by atoms with Gasteiger partial charge in [-0.2, -0.15) is 0 Å². The fourth-order valence-electron chi connectivity index (χ4n) is 3.45. The number of rotatable bonds is 7. The first kappa shape index (κ1) is 17.5. The molecule has 0 saturated heterocycles. The van der Waals surface area contributed by atoms with Crippen LogP contribution in [0.15, 0.2) is 30.3 Å². The van der Waals surface area contributed by atoms with E-state index in [4.69, 9.17) is 4.74 Å². The number of carboxylic acids is 1. The number of carboxylic acid groups (broad SMARTS) is 1. The minimum absolute atomic E-state index is 0.424.